The fourth-order valence-corrected chi connectivity index (χ4v) is 3.56. The first-order valence-corrected chi connectivity index (χ1v) is 9.13. The van der Waals surface area contributed by atoms with Gasteiger partial charge in [0.2, 0.25) is 0 Å². The molecule has 2 heterocycles. The lowest BCUT2D eigenvalue weighted by Crippen LogP contribution is -2.26. The van der Waals surface area contributed by atoms with Crippen LogP contribution in [-0.2, 0) is 0 Å². The van der Waals surface area contributed by atoms with Gasteiger partial charge in [0.1, 0.15) is 11.3 Å². The number of H-pyrrole nitrogens is 1. The Balaban J connectivity index is 0.000000948. The first-order chi connectivity index (χ1) is 12.6. The highest BCUT2D eigenvalue weighted by atomic mass is 35.5. The van der Waals surface area contributed by atoms with Crippen LogP contribution in [0.25, 0.3) is 22.4 Å². The summed E-state index contributed by atoms with van der Waals surface area (Å²) in [6.45, 7) is 0. The van der Waals surface area contributed by atoms with Crippen molar-refractivity contribution in [3.05, 3.63) is 40.4 Å². The number of hydrogen-bond acceptors (Lipinski definition) is 6. The number of fused-ring (bicyclic) bond motifs is 1. The van der Waals surface area contributed by atoms with E-state index in [0.29, 0.717) is 27.7 Å². The Bertz CT molecular complexity index is 888. The predicted octanol–water partition coefficient (Wildman–Crippen LogP) is 3.13. The van der Waals surface area contributed by atoms with Crippen LogP contribution in [0, 0.1) is 0 Å². The summed E-state index contributed by atoms with van der Waals surface area (Å²) < 4.78 is 0. The van der Waals surface area contributed by atoms with E-state index in [9.17, 15) is 0 Å². The van der Waals surface area contributed by atoms with Crippen molar-refractivity contribution in [2.45, 2.75) is 37.6 Å². The summed E-state index contributed by atoms with van der Waals surface area (Å²) in [5.74, 6) is 9.16. The van der Waals surface area contributed by atoms with Crippen molar-refractivity contribution in [3.63, 3.8) is 0 Å². The van der Waals surface area contributed by atoms with Crippen LogP contribution in [0.15, 0.2) is 24.5 Å². The number of aromatic amines is 1. The van der Waals surface area contributed by atoms with Gasteiger partial charge in [-0.05, 0) is 37.8 Å². The third-order valence-electron chi connectivity index (χ3n) is 4.63. The number of nitrogens with one attached hydrogen (secondary N) is 1. The minimum absolute atomic E-state index is 0.296. The highest BCUT2D eigenvalue weighted by molar-refractivity contribution is 6.42. The van der Waals surface area contributed by atoms with E-state index in [0.717, 1.165) is 48.3 Å². The molecular weight excluding hydrogens is 373 g/mol. The summed E-state index contributed by atoms with van der Waals surface area (Å²) in [5.41, 5.74) is 9.21. The topological polar surface area (TPSA) is 133 Å². The van der Waals surface area contributed by atoms with Crippen molar-refractivity contribution in [3.8, 4) is 11.3 Å². The van der Waals surface area contributed by atoms with E-state index < -0.39 is 0 Å². The molecule has 1 fully saturated rings. The zero-order valence-electron chi connectivity index (χ0n) is 14.1. The van der Waals surface area contributed by atoms with Crippen molar-refractivity contribution in [1.29, 1.82) is 0 Å². The second-order valence-electron chi connectivity index (χ2n) is 6.27. The highest BCUT2D eigenvalue weighted by Crippen LogP contribution is 2.34. The van der Waals surface area contributed by atoms with Crippen LogP contribution >= 0.6 is 23.2 Å². The third-order valence-corrected chi connectivity index (χ3v) is 5.37. The minimum Gasteiger partial charge on any atom is -0.341 e. The molecule has 0 radical (unpaired) electrons. The van der Waals surface area contributed by atoms with Crippen LogP contribution in [0.3, 0.4) is 0 Å². The average Bonchev–Trinajstić information content (AvgIpc) is 3.14. The quantitative estimate of drug-likeness (QED) is 0.390. The van der Waals surface area contributed by atoms with E-state index in [2.05, 4.69) is 26.6 Å². The number of imidazole rings is 1. The van der Waals surface area contributed by atoms with Crippen LogP contribution in [0.5, 0.6) is 0 Å². The lowest BCUT2D eigenvalue weighted by atomic mass is 9.86. The molecule has 0 spiro atoms. The number of hydrogen-bond donors (Lipinski definition) is 4. The maximum atomic E-state index is 6.18. The monoisotopic (exact) mass is 393 g/mol. The molecule has 4 rings (SSSR count). The van der Waals surface area contributed by atoms with Gasteiger partial charge in [0.05, 0.1) is 22.1 Å². The van der Waals surface area contributed by atoms with Gasteiger partial charge in [0, 0.05) is 17.5 Å². The van der Waals surface area contributed by atoms with E-state index in [1.54, 1.807) is 12.4 Å². The molecule has 0 saturated heterocycles. The zero-order chi connectivity index (χ0) is 18.7. The second-order valence-corrected chi connectivity index (χ2v) is 7.09. The molecule has 7 nitrogen and oxygen atoms in total. The molecule has 26 heavy (non-hydrogen) atoms. The number of halogens is 2. The Kier molecular flexibility index (Phi) is 6.05. The molecule has 1 aliphatic rings. The van der Waals surface area contributed by atoms with Gasteiger partial charge < -0.3 is 10.7 Å². The van der Waals surface area contributed by atoms with E-state index >= 15 is 0 Å². The number of hydrazine groups is 1. The molecule has 9 heteroatoms. The summed E-state index contributed by atoms with van der Waals surface area (Å²) >= 11 is 12.2. The van der Waals surface area contributed by atoms with Crippen molar-refractivity contribution in [2.24, 2.45) is 17.4 Å². The Labute approximate surface area is 161 Å². The molecule has 138 valence electrons. The van der Waals surface area contributed by atoms with Crippen molar-refractivity contribution in [2.75, 3.05) is 0 Å². The summed E-state index contributed by atoms with van der Waals surface area (Å²) in [4.78, 5) is 16.9. The van der Waals surface area contributed by atoms with Gasteiger partial charge in [-0.15, -0.1) is 0 Å². The van der Waals surface area contributed by atoms with E-state index in [-0.39, 0.29) is 0 Å². The molecule has 0 atom stereocenters. The van der Waals surface area contributed by atoms with Gasteiger partial charge in [0.15, 0.2) is 5.65 Å². The van der Waals surface area contributed by atoms with Gasteiger partial charge in [-0.25, -0.2) is 15.0 Å². The van der Waals surface area contributed by atoms with E-state index in [4.69, 9.17) is 33.9 Å². The number of rotatable bonds is 2. The van der Waals surface area contributed by atoms with Gasteiger partial charge >= 0.3 is 0 Å². The van der Waals surface area contributed by atoms with E-state index in [1.807, 2.05) is 12.1 Å². The molecule has 0 bridgehead atoms. The molecule has 0 unspecified atom stereocenters. The maximum Gasteiger partial charge on any atom is 0.181 e. The number of aromatic nitrogens is 4. The van der Waals surface area contributed by atoms with Crippen LogP contribution in [0.1, 0.15) is 37.4 Å². The highest BCUT2D eigenvalue weighted by Gasteiger charge is 2.24. The molecule has 7 N–H and O–H groups in total. The first kappa shape index (κ1) is 19.0. The molecule has 0 amide bonds. The summed E-state index contributed by atoms with van der Waals surface area (Å²) in [6, 6.07) is 5.82. The Hall–Kier alpha value is -1.77. The van der Waals surface area contributed by atoms with E-state index in [1.165, 1.54) is 0 Å². The number of nitrogens with two attached hydrogens (primary N) is 3. The fraction of sp³-hybridized carbons (Fsp3) is 0.353. The zero-order valence-corrected chi connectivity index (χ0v) is 15.6. The summed E-state index contributed by atoms with van der Waals surface area (Å²) in [5, 5.41) is 1.03. The largest absolute Gasteiger partial charge is 0.341 e. The van der Waals surface area contributed by atoms with Crippen LogP contribution in [0.2, 0.25) is 10.0 Å². The van der Waals surface area contributed by atoms with Gasteiger partial charge in [-0.1, -0.05) is 29.3 Å². The molecular formula is C17H21Cl2N7. The van der Waals surface area contributed by atoms with Crippen LogP contribution in [-0.4, -0.2) is 26.0 Å². The fourth-order valence-electron chi connectivity index (χ4n) is 3.26. The van der Waals surface area contributed by atoms with Gasteiger partial charge in [0.25, 0.3) is 0 Å². The molecule has 2 aromatic heterocycles. The maximum absolute atomic E-state index is 6.18. The lowest BCUT2D eigenvalue weighted by Gasteiger charge is -2.25. The average molecular weight is 394 g/mol. The molecule has 0 aliphatic heterocycles. The standard InChI is InChI=1S/C17H17Cl2N5.H4N2/c18-12-6-3-10(7-13(12)19)14-15-17(22-8-21-15)24-16(23-14)9-1-4-11(20)5-2-9;1-2/h3,6-9,11H,1-2,4-5,20H2,(H,21,22,23,24);1-2H2. The Morgan fingerprint density at radius 3 is 2.42 bits per heavy atom. The SMILES string of the molecule is NC1CCC(c2nc(-c3ccc(Cl)c(Cl)c3)c3[nH]cnc3n2)CC1.NN. The molecule has 1 saturated carbocycles. The first-order valence-electron chi connectivity index (χ1n) is 8.37. The molecule has 1 aromatic carbocycles. The minimum atomic E-state index is 0.296. The van der Waals surface area contributed by atoms with Crippen LogP contribution < -0.4 is 17.4 Å². The molecule has 1 aliphatic carbocycles. The van der Waals surface area contributed by atoms with Crippen molar-refractivity contribution >= 4 is 34.4 Å². The number of benzene rings is 1. The summed E-state index contributed by atoms with van der Waals surface area (Å²) in [7, 11) is 0. The van der Waals surface area contributed by atoms with Crippen molar-refractivity contribution in [1.82, 2.24) is 19.9 Å². The van der Waals surface area contributed by atoms with Gasteiger partial charge in [-0.3, -0.25) is 11.7 Å². The number of nitrogens with zero attached hydrogens (tertiary/aromatic N) is 3. The van der Waals surface area contributed by atoms with Gasteiger partial charge in [-0.2, -0.15) is 0 Å². The smallest absolute Gasteiger partial charge is 0.181 e. The predicted molar refractivity (Wildman–Crippen MR) is 105 cm³/mol. The Morgan fingerprint density at radius 2 is 1.73 bits per heavy atom. The lowest BCUT2D eigenvalue weighted by molar-refractivity contribution is 0.385. The third kappa shape index (κ3) is 3.82. The molecule has 3 aromatic rings. The van der Waals surface area contributed by atoms with Crippen molar-refractivity contribution < 1.29 is 0 Å². The second kappa shape index (κ2) is 8.28. The summed E-state index contributed by atoms with van der Waals surface area (Å²) in [6.07, 6.45) is 5.68. The Morgan fingerprint density at radius 1 is 1.00 bits per heavy atom. The van der Waals surface area contributed by atoms with Crippen LogP contribution in [0.4, 0.5) is 0 Å². The normalized spacial score (nSPS) is 19.9.